The van der Waals surface area contributed by atoms with Crippen molar-refractivity contribution >= 4 is 24.2 Å². The number of nitrogens with one attached hydrogen (secondary N) is 1. The molecule has 0 unspecified atom stereocenters. The lowest BCUT2D eigenvalue weighted by atomic mass is 9.97. The minimum Gasteiger partial charge on any atom is -0.316 e. The van der Waals surface area contributed by atoms with Crippen molar-refractivity contribution in [2.24, 2.45) is 5.41 Å². The molecule has 1 aromatic carbocycles. The molecule has 0 aliphatic carbocycles. The van der Waals surface area contributed by atoms with Gasteiger partial charge < -0.3 is 5.32 Å². The van der Waals surface area contributed by atoms with Crippen LogP contribution in [0.2, 0.25) is 0 Å². The molecule has 1 aromatic rings. The van der Waals surface area contributed by atoms with Gasteiger partial charge in [-0.15, -0.1) is 24.2 Å². The lowest BCUT2D eigenvalue weighted by molar-refractivity contribution is 0.381. The summed E-state index contributed by atoms with van der Waals surface area (Å²) in [6.45, 7) is 9.01. The zero-order valence-corrected chi connectivity index (χ0v) is 12.7. The second kappa shape index (κ2) is 8.84. The third kappa shape index (κ3) is 9.51. The summed E-state index contributed by atoms with van der Waals surface area (Å²) in [6.07, 6.45) is 1.23. The van der Waals surface area contributed by atoms with Crippen LogP contribution in [0, 0.1) is 5.41 Å². The van der Waals surface area contributed by atoms with Gasteiger partial charge in [-0.05, 0) is 42.8 Å². The number of hydrogen-bond donors (Lipinski definition) is 1. The van der Waals surface area contributed by atoms with Gasteiger partial charge in [0.1, 0.15) is 0 Å². The standard InChI is InChI=1S/C14H23NS.ClH/c1-14(2,3)12-15-10-7-11-16-13-8-5-4-6-9-13;/h4-6,8-9,15H,7,10-12H2,1-3H3;1H. The van der Waals surface area contributed by atoms with E-state index in [4.69, 9.17) is 0 Å². The molecule has 3 heteroatoms. The van der Waals surface area contributed by atoms with Crippen LogP contribution in [0.4, 0.5) is 0 Å². The van der Waals surface area contributed by atoms with Crippen molar-refractivity contribution in [1.82, 2.24) is 5.32 Å². The highest BCUT2D eigenvalue weighted by Gasteiger charge is 2.07. The SMILES string of the molecule is CC(C)(C)CNCCCSc1ccccc1.Cl. The van der Waals surface area contributed by atoms with E-state index in [0.29, 0.717) is 5.41 Å². The van der Waals surface area contributed by atoms with E-state index < -0.39 is 0 Å². The fraction of sp³-hybridized carbons (Fsp3) is 0.571. The van der Waals surface area contributed by atoms with Crippen LogP contribution < -0.4 is 5.32 Å². The predicted octanol–water partition coefficient (Wildman–Crippen LogP) is 4.23. The van der Waals surface area contributed by atoms with Gasteiger partial charge in [0.15, 0.2) is 0 Å². The third-order valence-electron chi connectivity index (χ3n) is 2.17. The van der Waals surface area contributed by atoms with Crippen LogP contribution in [0.5, 0.6) is 0 Å². The average Bonchev–Trinajstić information content (AvgIpc) is 2.23. The number of rotatable bonds is 6. The van der Waals surface area contributed by atoms with Crippen molar-refractivity contribution in [3.05, 3.63) is 30.3 Å². The first-order chi connectivity index (χ1) is 7.58. The maximum absolute atomic E-state index is 3.50. The highest BCUT2D eigenvalue weighted by atomic mass is 35.5. The van der Waals surface area contributed by atoms with E-state index in [9.17, 15) is 0 Å². The highest BCUT2D eigenvalue weighted by molar-refractivity contribution is 7.99. The summed E-state index contributed by atoms with van der Waals surface area (Å²) >= 11 is 1.94. The summed E-state index contributed by atoms with van der Waals surface area (Å²) in [5, 5.41) is 3.50. The Kier molecular flexibility index (Phi) is 8.75. The molecule has 0 amide bonds. The number of halogens is 1. The van der Waals surface area contributed by atoms with Gasteiger partial charge in [0.05, 0.1) is 0 Å². The molecule has 0 spiro atoms. The monoisotopic (exact) mass is 273 g/mol. The largest absolute Gasteiger partial charge is 0.316 e. The minimum atomic E-state index is 0. The Balaban J connectivity index is 0.00000256. The fourth-order valence-corrected chi connectivity index (χ4v) is 2.24. The van der Waals surface area contributed by atoms with Crippen LogP contribution in [-0.4, -0.2) is 18.8 Å². The zero-order chi connectivity index (χ0) is 11.9. The van der Waals surface area contributed by atoms with E-state index in [0.717, 1.165) is 13.1 Å². The first-order valence-electron chi connectivity index (χ1n) is 5.96. The summed E-state index contributed by atoms with van der Waals surface area (Å²) in [5.74, 6) is 1.20. The van der Waals surface area contributed by atoms with Crippen molar-refractivity contribution in [3.8, 4) is 0 Å². The van der Waals surface area contributed by atoms with Crippen LogP contribution in [-0.2, 0) is 0 Å². The lowest BCUT2D eigenvalue weighted by Gasteiger charge is -2.18. The van der Waals surface area contributed by atoms with Crippen LogP contribution in [0.25, 0.3) is 0 Å². The van der Waals surface area contributed by atoms with Crippen molar-refractivity contribution in [2.45, 2.75) is 32.1 Å². The average molecular weight is 274 g/mol. The fourth-order valence-electron chi connectivity index (χ4n) is 1.37. The molecule has 0 saturated heterocycles. The van der Waals surface area contributed by atoms with Gasteiger partial charge in [-0.1, -0.05) is 39.0 Å². The van der Waals surface area contributed by atoms with Crippen molar-refractivity contribution in [1.29, 1.82) is 0 Å². The van der Waals surface area contributed by atoms with E-state index in [2.05, 4.69) is 56.4 Å². The van der Waals surface area contributed by atoms with Gasteiger partial charge in [0, 0.05) is 4.90 Å². The summed E-state index contributed by atoms with van der Waals surface area (Å²) in [4.78, 5) is 1.37. The summed E-state index contributed by atoms with van der Waals surface area (Å²) in [7, 11) is 0. The Labute approximate surface area is 116 Å². The molecule has 1 rings (SSSR count). The molecule has 1 N–H and O–H groups in total. The Bertz CT molecular complexity index is 282. The molecular formula is C14H24ClNS. The third-order valence-corrected chi connectivity index (χ3v) is 3.26. The number of thioether (sulfide) groups is 1. The molecule has 1 nitrogen and oxygen atoms in total. The van der Waals surface area contributed by atoms with Crippen LogP contribution >= 0.6 is 24.2 Å². The maximum Gasteiger partial charge on any atom is 0.00719 e. The van der Waals surface area contributed by atoms with Gasteiger partial charge >= 0.3 is 0 Å². The molecule has 0 saturated carbocycles. The first kappa shape index (κ1) is 16.8. The van der Waals surface area contributed by atoms with E-state index >= 15 is 0 Å². The lowest BCUT2D eigenvalue weighted by Crippen LogP contribution is -2.27. The number of hydrogen-bond acceptors (Lipinski definition) is 2. The quantitative estimate of drug-likeness (QED) is 0.615. The van der Waals surface area contributed by atoms with E-state index in [-0.39, 0.29) is 12.4 Å². The Hall–Kier alpha value is -0.180. The van der Waals surface area contributed by atoms with Gasteiger partial charge in [0.25, 0.3) is 0 Å². The predicted molar refractivity (Wildman–Crippen MR) is 81.4 cm³/mol. The van der Waals surface area contributed by atoms with E-state index in [1.54, 1.807) is 0 Å². The summed E-state index contributed by atoms with van der Waals surface area (Å²) in [6, 6.07) is 10.6. The molecule has 0 aliphatic rings. The minimum absolute atomic E-state index is 0. The molecule has 17 heavy (non-hydrogen) atoms. The van der Waals surface area contributed by atoms with Crippen molar-refractivity contribution in [3.63, 3.8) is 0 Å². The van der Waals surface area contributed by atoms with Gasteiger partial charge in [-0.25, -0.2) is 0 Å². The van der Waals surface area contributed by atoms with Gasteiger partial charge in [-0.3, -0.25) is 0 Å². The highest BCUT2D eigenvalue weighted by Crippen LogP contribution is 2.17. The van der Waals surface area contributed by atoms with Gasteiger partial charge in [0.2, 0.25) is 0 Å². The molecule has 0 bridgehead atoms. The van der Waals surface area contributed by atoms with E-state index in [1.807, 2.05) is 11.8 Å². The molecule has 0 fully saturated rings. The van der Waals surface area contributed by atoms with Crippen LogP contribution in [0.15, 0.2) is 35.2 Å². The molecule has 0 radical (unpaired) electrons. The zero-order valence-electron chi connectivity index (χ0n) is 11.0. The molecule has 0 atom stereocenters. The Morgan fingerprint density at radius 3 is 2.35 bits per heavy atom. The summed E-state index contributed by atoms with van der Waals surface area (Å²) < 4.78 is 0. The second-order valence-corrected chi connectivity index (χ2v) is 6.42. The molecule has 0 heterocycles. The molecular weight excluding hydrogens is 250 g/mol. The Morgan fingerprint density at radius 2 is 1.76 bits per heavy atom. The normalized spacial score (nSPS) is 11.0. The number of benzene rings is 1. The van der Waals surface area contributed by atoms with Crippen molar-refractivity contribution in [2.75, 3.05) is 18.8 Å². The Morgan fingerprint density at radius 1 is 1.12 bits per heavy atom. The smallest absolute Gasteiger partial charge is 0.00719 e. The van der Waals surface area contributed by atoms with Crippen LogP contribution in [0.3, 0.4) is 0 Å². The molecule has 0 aliphatic heterocycles. The summed E-state index contributed by atoms with van der Waals surface area (Å²) in [5.41, 5.74) is 0.395. The maximum atomic E-state index is 3.50. The molecule has 0 aromatic heterocycles. The van der Waals surface area contributed by atoms with Crippen molar-refractivity contribution < 1.29 is 0 Å². The second-order valence-electron chi connectivity index (χ2n) is 5.25. The van der Waals surface area contributed by atoms with Gasteiger partial charge in [-0.2, -0.15) is 0 Å². The van der Waals surface area contributed by atoms with Crippen LogP contribution in [0.1, 0.15) is 27.2 Å². The first-order valence-corrected chi connectivity index (χ1v) is 6.95. The topological polar surface area (TPSA) is 12.0 Å². The molecule has 98 valence electrons. The van der Waals surface area contributed by atoms with E-state index in [1.165, 1.54) is 17.1 Å².